The molecule has 1 N–H and O–H groups in total. The van der Waals surface area contributed by atoms with Crippen LogP contribution in [0.2, 0.25) is 0 Å². The molecule has 0 fully saturated rings. The van der Waals surface area contributed by atoms with E-state index in [0.29, 0.717) is 11.5 Å². The van der Waals surface area contributed by atoms with Crippen molar-refractivity contribution in [3.63, 3.8) is 0 Å². The second-order valence-electron chi connectivity index (χ2n) is 9.73. The maximum absolute atomic E-state index is 13.6. The molecule has 1 atom stereocenters. The Hall–Kier alpha value is -3.27. The highest BCUT2D eigenvalue weighted by molar-refractivity contribution is 7.92. The minimum absolute atomic E-state index is 0.140. The van der Waals surface area contributed by atoms with Crippen molar-refractivity contribution >= 4 is 27.5 Å². The van der Waals surface area contributed by atoms with Crippen molar-refractivity contribution in [2.75, 3.05) is 31.3 Å². The molecule has 0 aliphatic rings. The number of nitrogens with zero attached hydrogens (tertiary/aromatic N) is 2. The lowest BCUT2D eigenvalue weighted by molar-refractivity contribution is -0.140. The highest BCUT2D eigenvalue weighted by atomic mass is 32.2. The van der Waals surface area contributed by atoms with Crippen LogP contribution in [0.4, 0.5) is 5.69 Å². The van der Waals surface area contributed by atoms with Gasteiger partial charge in [-0.2, -0.15) is 0 Å². The predicted molar refractivity (Wildman–Crippen MR) is 141 cm³/mol. The number of carbonyl (C=O) groups excluding carboxylic acids is 2. The molecule has 10 heteroatoms. The summed E-state index contributed by atoms with van der Waals surface area (Å²) < 4.78 is 37.0. The number of rotatable bonds is 10. The maximum Gasteiger partial charge on any atom is 0.244 e. The van der Waals surface area contributed by atoms with Crippen LogP contribution in [0, 0.1) is 6.92 Å². The van der Waals surface area contributed by atoms with E-state index in [1.165, 1.54) is 31.3 Å². The molecule has 1 unspecified atom stereocenters. The van der Waals surface area contributed by atoms with Gasteiger partial charge >= 0.3 is 0 Å². The summed E-state index contributed by atoms with van der Waals surface area (Å²) >= 11 is 0. The number of ether oxygens (including phenoxy) is 2. The summed E-state index contributed by atoms with van der Waals surface area (Å²) in [6, 6.07) is 11.4. The quantitative estimate of drug-likeness (QED) is 0.517. The van der Waals surface area contributed by atoms with Gasteiger partial charge in [0.05, 0.1) is 26.2 Å². The van der Waals surface area contributed by atoms with Gasteiger partial charge in [-0.1, -0.05) is 29.8 Å². The molecule has 36 heavy (non-hydrogen) atoms. The third kappa shape index (κ3) is 7.87. The first-order valence-corrected chi connectivity index (χ1v) is 13.4. The molecule has 0 radical (unpaired) electrons. The standard InChI is InChI=1S/C26H37N3O6S/c1-18-9-11-20(12-10-18)16-28(19(2)25(31)27-26(3,4)5)24(30)17-29(36(8,32)33)21-13-14-22(34-6)23(15-21)35-7/h9-15,19H,16-17H2,1-8H3,(H,27,31). The van der Waals surface area contributed by atoms with Gasteiger partial charge in [0.2, 0.25) is 21.8 Å². The molecule has 2 amide bonds. The summed E-state index contributed by atoms with van der Waals surface area (Å²) in [6.45, 7) is 8.80. The van der Waals surface area contributed by atoms with Crippen LogP contribution in [0.1, 0.15) is 38.8 Å². The van der Waals surface area contributed by atoms with Gasteiger partial charge in [-0.3, -0.25) is 13.9 Å². The molecule has 0 saturated heterocycles. The van der Waals surface area contributed by atoms with E-state index in [1.807, 2.05) is 52.0 Å². The van der Waals surface area contributed by atoms with Crippen LogP contribution in [0.15, 0.2) is 42.5 Å². The molecule has 2 rings (SSSR count). The van der Waals surface area contributed by atoms with Crippen molar-refractivity contribution in [3.8, 4) is 11.5 Å². The molecule has 9 nitrogen and oxygen atoms in total. The van der Waals surface area contributed by atoms with Crippen LogP contribution in [0.5, 0.6) is 11.5 Å². The second-order valence-corrected chi connectivity index (χ2v) is 11.6. The van der Waals surface area contributed by atoms with Gasteiger partial charge in [0.25, 0.3) is 0 Å². The normalized spacial score (nSPS) is 12.4. The first kappa shape index (κ1) is 29.0. The molecule has 2 aromatic carbocycles. The van der Waals surface area contributed by atoms with Crippen molar-refractivity contribution < 1.29 is 27.5 Å². The molecule has 0 heterocycles. The molecule has 0 bridgehead atoms. The van der Waals surface area contributed by atoms with Crippen molar-refractivity contribution in [2.24, 2.45) is 0 Å². The molecule has 0 saturated carbocycles. The first-order chi connectivity index (χ1) is 16.7. The van der Waals surface area contributed by atoms with E-state index in [4.69, 9.17) is 9.47 Å². The van der Waals surface area contributed by atoms with Gasteiger partial charge in [0, 0.05) is 18.2 Å². The Morgan fingerprint density at radius 3 is 2.08 bits per heavy atom. The summed E-state index contributed by atoms with van der Waals surface area (Å²) in [5.74, 6) is -0.104. The molecule has 0 spiro atoms. The first-order valence-electron chi connectivity index (χ1n) is 11.5. The molecule has 2 aromatic rings. The smallest absolute Gasteiger partial charge is 0.244 e. The number of aryl methyl sites for hydroxylation is 1. The van der Waals surface area contributed by atoms with E-state index < -0.39 is 34.1 Å². The van der Waals surface area contributed by atoms with Crippen LogP contribution >= 0.6 is 0 Å². The van der Waals surface area contributed by atoms with E-state index in [0.717, 1.165) is 21.7 Å². The third-order valence-electron chi connectivity index (χ3n) is 5.47. The summed E-state index contributed by atoms with van der Waals surface area (Å²) in [5.41, 5.74) is 1.63. The van der Waals surface area contributed by atoms with Gasteiger partial charge < -0.3 is 19.7 Å². The Kier molecular flexibility index (Phi) is 9.37. The van der Waals surface area contributed by atoms with Crippen LogP contribution in [-0.4, -0.2) is 63.7 Å². The van der Waals surface area contributed by atoms with Crippen molar-refractivity contribution in [1.29, 1.82) is 0 Å². The summed E-state index contributed by atoms with van der Waals surface area (Å²) in [5, 5.41) is 2.90. The number of nitrogens with one attached hydrogen (secondary N) is 1. The van der Waals surface area contributed by atoms with Crippen LogP contribution in [0.3, 0.4) is 0 Å². The van der Waals surface area contributed by atoms with Crippen LogP contribution in [0.25, 0.3) is 0 Å². The summed E-state index contributed by atoms with van der Waals surface area (Å²) in [7, 11) is -0.940. The lowest BCUT2D eigenvalue weighted by Gasteiger charge is -2.33. The zero-order chi connectivity index (χ0) is 27.3. The predicted octanol–water partition coefficient (Wildman–Crippen LogP) is 3.11. The number of hydrogen-bond donors (Lipinski definition) is 1. The summed E-state index contributed by atoms with van der Waals surface area (Å²) in [4.78, 5) is 28.0. The van der Waals surface area contributed by atoms with Crippen molar-refractivity contribution in [3.05, 3.63) is 53.6 Å². The van der Waals surface area contributed by atoms with Crippen LogP contribution in [-0.2, 0) is 26.2 Å². The third-order valence-corrected chi connectivity index (χ3v) is 6.61. The molecule has 0 aromatic heterocycles. The Balaban J connectivity index is 2.44. The number of amides is 2. The average molecular weight is 520 g/mol. The minimum Gasteiger partial charge on any atom is -0.493 e. The van der Waals surface area contributed by atoms with Gasteiger partial charge in [0.1, 0.15) is 12.6 Å². The minimum atomic E-state index is -3.86. The SMILES string of the molecule is COc1ccc(N(CC(=O)N(Cc2ccc(C)cc2)C(C)C(=O)NC(C)(C)C)S(C)(=O)=O)cc1OC. The number of carbonyl (C=O) groups is 2. The van der Waals surface area contributed by atoms with Gasteiger partial charge in [-0.05, 0) is 52.3 Å². The molecular weight excluding hydrogens is 482 g/mol. The highest BCUT2D eigenvalue weighted by Crippen LogP contribution is 2.32. The fraction of sp³-hybridized carbons (Fsp3) is 0.462. The fourth-order valence-electron chi connectivity index (χ4n) is 3.54. The van der Waals surface area contributed by atoms with Gasteiger partial charge in [-0.25, -0.2) is 8.42 Å². The summed E-state index contributed by atoms with van der Waals surface area (Å²) in [6.07, 6.45) is 1.02. The Bertz CT molecular complexity index is 1170. The Labute approximate surface area is 214 Å². The number of benzene rings is 2. The number of sulfonamides is 1. The van der Waals surface area contributed by atoms with E-state index >= 15 is 0 Å². The van der Waals surface area contributed by atoms with E-state index in [-0.39, 0.29) is 18.1 Å². The van der Waals surface area contributed by atoms with E-state index in [9.17, 15) is 18.0 Å². The second kappa shape index (κ2) is 11.6. The average Bonchev–Trinajstić information content (AvgIpc) is 2.79. The number of methoxy groups -OCH3 is 2. The maximum atomic E-state index is 13.6. The molecular formula is C26H37N3O6S. The van der Waals surface area contributed by atoms with Crippen molar-refractivity contribution in [1.82, 2.24) is 10.2 Å². The van der Waals surface area contributed by atoms with Gasteiger partial charge in [0.15, 0.2) is 11.5 Å². The molecule has 0 aliphatic carbocycles. The topological polar surface area (TPSA) is 105 Å². The zero-order valence-corrected chi connectivity index (χ0v) is 23.1. The van der Waals surface area contributed by atoms with Crippen LogP contribution < -0.4 is 19.1 Å². The number of anilines is 1. The fourth-order valence-corrected chi connectivity index (χ4v) is 4.38. The highest BCUT2D eigenvalue weighted by Gasteiger charge is 2.31. The molecule has 198 valence electrons. The Morgan fingerprint density at radius 1 is 1.00 bits per heavy atom. The van der Waals surface area contributed by atoms with Gasteiger partial charge in [-0.15, -0.1) is 0 Å². The Morgan fingerprint density at radius 2 is 1.58 bits per heavy atom. The van der Waals surface area contributed by atoms with Crippen molar-refractivity contribution in [2.45, 2.75) is 52.7 Å². The monoisotopic (exact) mass is 519 g/mol. The zero-order valence-electron chi connectivity index (χ0n) is 22.3. The van der Waals surface area contributed by atoms with E-state index in [1.54, 1.807) is 13.0 Å². The lowest BCUT2D eigenvalue weighted by atomic mass is 10.1. The molecule has 0 aliphatic heterocycles. The number of hydrogen-bond acceptors (Lipinski definition) is 6. The van der Waals surface area contributed by atoms with E-state index in [2.05, 4.69) is 5.32 Å². The lowest BCUT2D eigenvalue weighted by Crippen LogP contribution is -2.54. The largest absolute Gasteiger partial charge is 0.493 e.